The van der Waals surface area contributed by atoms with Gasteiger partial charge in [0.15, 0.2) is 5.82 Å². The SMILES string of the molecule is CC1(C)c2ccccc2-c2c1ccc1c(-c3c4ccccc4c(-c4cc(-c5ccccc5)nc(-c5ccccc5)n4)c4ccccc34)cc3c(c21)-c1ccccc1C3(C)C. The van der Waals surface area contributed by atoms with Crippen LogP contribution in [0.5, 0.6) is 0 Å². The molecule has 9 aromatic carbocycles. The van der Waals surface area contributed by atoms with Crippen molar-refractivity contribution in [1.29, 1.82) is 0 Å². The molecule has 284 valence electrons. The Morgan fingerprint density at radius 1 is 0.317 bits per heavy atom. The van der Waals surface area contributed by atoms with Gasteiger partial charge in [-0.3, -0.25) is 0 Å². The molecule has 1 heterocycles. The summed E-state index contributed by atoms with van der Waals surface area (Å²) in [7, 11) is 0. The van der Waals surface area contributed by atoms with Gasteiger partial charge < -0.3 is 0 Å². The molecular formula is C58H42N2. The lowest BCUT2D eigenvalue weighted by molar-refractivity contribution is 0.660. The lowest BCUT2D eigenvalue weighted by Gasteiger charge is -2.26. The molecule has 0 amide bonds. The molecule has 2 heteroatoms. The summed E-state index contributed by atoms with van der Waals surface area (Å²) >= 11 is 0. The third-order valence-electron chi connectivity index (χ3n) is 13.7. The Hall–Kier alpha value is -7.16. The second-order valence-corrected chi connectivity index (χ2v) is 17.6. The van der Waals surface area contributed by atoms with Crippen LogP contribution >= 0.6 is 0 Å². The fourth-order valence-corrected chi connectivity index (χ4v) is 10.8. The zero-order valence-electron chi connectivity index (χ0n) is 34.2. The van der Waals surface area contributed by atoms with Crippen LogP contribution in [0.15, 0.2) is 182 Å². The Morgan fingerprint density at radius 3 is 1.38 bits per heavy atom. The number of rotatable bonds is 4. The number of benzene rings is 9. The van der Waals surface area contributed by atoms with Crippen LogP contribution in [0.25, 0.3) is 99.6 Å². The monoisotopic (exact) mass is 766 g/mol. The van der Waals surface area contributed by atoms with Crippen LogP contribution in [0, 0.1) is 0 Å². The van der Waals surface area contributed by atoms with E-state index in [-0.39, 0.29) is 10.8 Å². The average molecular weight is 767 g/mol. The van der Waals surface area contributed by atoms with Gasteiger partial charge in [-0.15, -0.1) is 0 Å². The molecule has 2 aliphatic rings. The molecule has 0 saturated heterocycles. The van der Waals surface area contributed by atoms with Crippen LogP contribution in [0.2, 0.25) is 0 Å². The van der Waals surface area contributed by atoms with Gasteiger partial charge in [0.05, 0.1) is 11.4 Å². The predicted molar refractivity (Wildman–Crippen MR) is 251 cm³/mol. The summed E-state index contributed by atoms with van der Waals surface area (Å²) in [6.07, 6.45) is 0. The Balaban J connectivity index is 1.22. The Labute approximate surface area is 350 Å². The molecule has 12 rings (SSSR count). The number of nitrogens with zero attached hydrogens (tertiary/aromatic N) is 2. The molecule has 0 spiro atoms. The molecule has 60 heavy (non-hydrogen) atoms. The van der Waals surface area contributed by atoms with Crippen LogP contribution in [0.3, 0.4) is 0 Å². The predicted octanol–water partition coefficient (Wildman–Crippen LogP) is 15.2. The molecule has 0 aliphatic heterocycles. The number of fused-ring (bicyclic) bond motifs is 11. The molecule has 0 bridgehead atoms. The minimum atomic E-state index is -0.195. The van der Waals surface area contributed by atoms with Gasteiger partial charge >= 0.3 is 0 Å². The Morgan fingerprint density at radius 2 is 0.783 bits per heavy atom. The van der Waals surface area contributed by atoms with E-state index < -0.39 is 0 Å². The fourth-order valence-electron chi connectivity index (χ4n) is 10.8. The van der Waals surface area contributed by atoms with Gasteiger partial charge in [-0.1, -0.05) is 198 Å². The summed E-state index contributed by atoms with van der Waals surface area (Å²) in [6.45, 7) is 9.62. The average Bonchev–Trinajstić information content (AvgIpc) is 3.67. The summed E-state index contributed by atoms with van der Waals surface area (Å²) in [5, 5.41) is 7.42. The van der Waals surface area contributed by atoms with E-state index in [1.807, 2.05) is 6.07 Å². The smallest absolute Gasteiger partial charge is 0.160 e. The zero-order valence-corrected chi connectivity index (χ0v) is 34.2. The van der Waals surface area contributed by atoms with E-state index in [0.717, 1.165) is 28.1 Å². The van der Waals surface area contributed by atoms with Crippen molar-refractivity contribution in [1.82, 2.24) is 9.97 Å². The summed E-state index contributed by atoms with van der Waals surface area (Å²) in [5.41, 5.74) is 18.2. The van der Waals surface area contributed by atoms with Gasteiger partial charge in [0.2, 0.25) is 0 Å². The van der Waals surface area contributed by atoms with Crippen LogP contribution in [-0.2, 0) is 10.8 Å². The second-order valence-electron chi connectivity index (χ2n) is 17.6. The molecule has 0 N–H and O–H groups in total. The lowest BCUT2D eigenvalue weighted by Crippen LogP contribution is -2.15. The summed E-state index contributed by atoms with van der Waals surface area (Å²) < 4.78 is 0. The number of aromatic nitrogens is 2. The maximum absolute atomic E-state index is 5.40. The van der Waals surface area contributed by atoms with Crippen molar-refractivity contribution in [2.24, 2.45) is 0 Å². The quantitative estimate of drug-likeness (QED) is 0.167. The van der Waals surface area contributed by atoms with Crippen LogP contribution in [-0.4, -0.2) is 9.97 Å². The van der Waals surface area contributed by atoms with Crippen molar-refractivity contribution in [3.8, 4) is 67.3 Å². The maximum Gasteiger partial charge on any atom is 0.160 e. The van der Waals surface area contributed by atoms with E-state index in [1.54, 1.807) is 0 Å². The van der Waals surface area contributed by atoms with Crippen LogP contribution in [0.4, 0.5) is 0 Å². The van der Waals surface area contributed by atoms with Crippen LogP contribution in [0.1, 0.15) is 49.9 Å². The first-order valence-corrected chi connectivity index (χ1v) is 21.1. The minimum absolute atomic E-state index is 0.119. The third-order valence-corrected chi connectivity index (χ3v) is 13.7. The molecule has 1 aromatic heterocycles. The van der Waals surface area contributed by atoms with Crippen molar-refractivity contribution in [3.05, 3.63) is 204 Å². The highest BCUT2D eigenvalue weighted by Gasteiger charge is 2.42. The van der Waals surface area contributed by atoms with Gasteiger partial charge in [-0.25, -0.2) is 9.97 Å². The van der Waals surface area contributed by atoms with Crippen molar-refractivity contribution in [2.45, 2.75) is 38.5 Å². The standard InChI is InChI=1S/C58H42N2/c1-57(2)45-29-17-15-27-42(45)53-47(57)32-31-41-44(33-48-54(55(41)53)43-28-16-18-30-46(43)58(48,3)4)51-37-23-11-13-25-39(37)52(40-26-14-12-24-38(40)51)50-34-49(35-19-7-5-8-20-35)59-56(60-50)36-21-9-6-10-22-36/h5-34H,1-4H3. The molecule has 2 aliphatic carbocycles. The first kappa shape index (κ1) is 34.8. The van der Waals surface area contributed by atoms with E-state index in [9.17, 15) is 0 Å². The van der Waals surface area contributed by atoms with Gasteiger partial charge in [-0.2, -0.15) is 0 Å². The van der Waals surface area contributed by atoms with Gasteiger partial charge in [0.1, 0.15) is 0 Å². The molecule has 10 aromatic rings. The number of hydrogen-bond acceptors (Lipinski definition) is 2. The first-order valence-electron chi connectivity index (χ1n) is 21.1. The largest absolute Gasteiger partial charge is 0.228 e. The van der Waals surface area contributed by atoms with E-state index in [0.29, 0.717) is 5.82 Å². The van der Waals surface area contributed by atoms with E-state index in [4.69, 9.17) is 9.97 Å². The Kier molecular flexibility index (Phi) is 7.36. The van der Waals surface area contributed by atoms with Gasteiger partial charge in [-0.05, 0) is 100 Å². The Bertz CT molecular complexity index is 3280. The van der Waals surface area contributed by atoms with Crippen molar-refractivity contribution in [3.63, 3.8) is 0 Å². The molecule has 0 saturated carbocycles. The van der Waals surface area contributed by atoms with E-state index in [1.165, 1.54) is 88.0 Å². The maximum atomic E-state index is 5.40. The molecule has 0 atom stereocenters. The van der Waals surface area contributed by atoms with Gasteiger partial charge in [0.25, 0.3) is 0 Å². The summed E-state index contributed by atoms with van der Waals surface area (Å²) in [4.78, 5) is 10.6. The van der Waals surface area contributed by atoms with Crippen molar-refractivity contribution >= 4 is 32.3 Å². The fraction of sp³-hybridized carbons (Fsp3) is 0.103. The highest BCUT2D eigenvalue weighted by Crippen LogP contribution is 2.60. The highest BCUT2D eigenvalue weighted by atomic mass is 14.9. The summed E-state index contributed by atoms with van der Waals surface area (Å²) in [5.74, 6) is 0.715. The molecule has 0 fully saturated rings. The first-order chi connectivity index (χ1) is 29.3. The molecular weight excluding hydrogens is 725 g/mol. The van der Waals surface area contributed by atoms with Gasteiger partial charge in [0, 0.05) is 27.5 Å². The normalized spacial score (nSPS) is 14.3. The van der Waals surface area contributed by atoms with Crippen molar-refractivity contribution < 1.29 is 0 Å². The molecule has 0 unspecified atom stereocenters. The minimum Gasteiger partial charge on any atom is -0.228 e. The van der Waals surface area contributed by atoms with Crippen molar-refractivity contribution in [2.75, 3.05) is 0 Å². The third kappa shape index (κ3) is 4.82. The molecule has 2 nitrogen and oxygen atoms in total. The zero-order chi connectivity index (χ0) is 40.3. The molecule has 0 radical (unpaired) electrons. The lowest BCUT2D eigenvalue weighted by atomic mass is 9.77. The second kappa shape index (κ2) is 12.7. The highest BCUT2D eigenvalue weighted by molar-refractivity contribution is 6.26. The number of hydrogen-bond donors (Lipinski definition) is 0. The topological polar surface area (TPSA) is 25.8 Å². The van der Waals surface area contributed by atoms with E-state index in [2.05, 4.69) is 204 Å². The van der Waals surface area contributed by atoms with Crippen LogP contribution < -0.4 is 0 Å². The summed E-state index contributed by atoms with van der Waals surface area (Å²) in [6, 6.07) is 66.6. The van der Waals surface area contributed by atoms with E-state index >= 15 is 0 Å².